The number of para-hydroxylation sites is 1. The summed E-state index contributed by atoms with van der Waals surface area (Å²) in [5, 5.41) is 0.850. The first-order valence-electron chi connectivity index (χ1n) is 7.90. The smallest absolute Gasteiger partial charge is 0.316 e. The molecule has 0 bridgehead atoms. The van der Waals surface area contributed by atoms with Gasteiger partial charge in [0.05, 0.1) is 5.75 Å². The van der Waals surface area contributed by atoms with Gasteiger partial charge in [-0.25, -0.2) is 0 Å². The Morgan fingerprint density at radius 1 is 1.08 bits per heavy atom. The van der Waals surface area contributed by atoms with E-state index in [1.54, 1.807) is 12.1 Å². The number of fused-ring (bicyclic) bond motifs is 1. The van der Waals surface area contributed by atoms with Gasteiger partial charge in [0, 0.05) is 10.3 Å². The highest BCUT2D eigenvalue weighted by Gasteiger charge is 2.15. The number of hydrogen-bond donors (Lipinski definition) is 0. The summed E-state index contributed by atoms with van der Waals surface area (Å²) in [5.74, 6) is -0.398. The van der Waals surface area contributed by atoms with Crippen LogP contribution < -0.4 is 0 Å². The van der Waals surface area contributed by atoms with E-state index in [2.05, 4.69) is 0 Å². The molecule has 0 spiro atoms. The highest BCUT2D eigenvalue weighted by atomic mass is 32.2. The molecule has 4 nitrogen and oxygen atoms in total. The van der Waals surface area contributed by atoms with E-state index in [4.69, 9.17) is 9.15 Å². The van der Waals surface area contributed by atoms with Crippen molar-refractivity contribution < 1.29 is 18.7 Å². The van der Waals surface area contributed by atoms with Gasteiger partial charge in [0.25, 0.3) is 0 Å². The summed E-state index contributed by atoms with van der Waals surface area (Å²) < 4.78 is 10.6. The lowest BCUT2D eigenvalue weighted by Gasteiger charge is -2.07. The maximum absolute atomic E-state index is 12.1. The molecule has 0 amide bonds. The predicted octanol–water partition coefficient (Wildman–Crippen LogP) is 4.57. The van der Waals surface area contributed by atoms with Gasteiger partial charge in [-0.3, -0.25) is 9.59 Å². The predicted molar refractivity (Wildman–Crippen MR) is 98.1 cm³/mol. The fourth-order valence-electron chi connectivity index (χ4n) is 2.38. The lowest BCUT2D eigenvalue weighted by atomic mass is 10.2. The topological polar surface area (TPSA) is 56.5 Å². The van der Waals surface area contributed by atoms with Crippen molar-refractivity contribution in [3.8, 4) is 0 Å². The normalized spacial score (nSPS) is 10.8. The Labute approximate surface area is 150 Å². The minimum absolute atomic E-state index is 0.164. The standard InChI is InChI=1S/C20H18O4S/c1-13-7-8-14(2)19(9-13)25-12-20(22)23-11-16(21)18-10-15-5-3-4-6-17(15)24-18/h3-10H,11-12H2,1-2H3. The first kappa shape index (κ1) is 17.3. The first-order valence-corrected chi connectivity index (χ1v) is 8.89. The zero-order valence-electron chi connectivity index (χ0n) is 14.1. The molecule has 1 aromatic heterocycles. The Kier molecular flexibility index (Phi) is 5.24. The molecule has 0 unspecified atom stereocenters. The van der Waals surface area contributed by atoms with E-state index in [1.165, 1.54) is 11.8 Å². The molecule has 25 heavy (non-hydrogen) atoms. The molecule has 3 aromatic rings. The summed E-state index contributed by atoms with van der Waals surface area (Å²) in [6, 6.07) is 15.1. The molecule has 0 aliphatic carbocycles. The van der Waals surface area contributed by atoms with Crippen LogP contribution in [0.5, 0.6) is 0 Å². The van der Waals surface area contributed by atoms with Gasteiger partial charge in [-0.1, -0.05) is 35.9 Å². The van der Waals surface area contributed by atoms with Crippen LogP contribution in [0.4, 0.5) is 0 Å². The second kappa shape index (κ2) is 7.57. The third kappa shape index (κ3) is 4.31. The van der Waals surface area contributed by atoms with Gasteiger partial charge in [0.15, 0.2) is 12.4 Å². The van der Waals surface area contributed by atoms with Crippen LogP contribution in [0.25, 0.3) is 11.0 Å². The van der Waals surface area contributed by atoms with E-state index >= 15 is 0 Å². The van der Waals surface area contributed by atoms with Crippen LogP contribution in [0.15, 0.2) is 57.8 Å². The van der Waals surface area contributed by atoms with Crippen LogP contribution in [0.2, 0.25) is 0 Å². The van der Waals surface area contributed by atoms with Gasteiger partial charge in [0.1, 0.15) is 5.58 Å². The number of aryl methyl sites for hydroxylation is 2. The number of rotatable bonds is 6. The van der Waals surface area contributed by atoms with Crippen molar-refractivity contribution in [2.24, 2.45) is 0 Å². The average molecular weight is 354 g/mol. The molecule has 0 saturated heterocycles. The molecule has 0 saturated carbocycles. The first-order chi connectivity index (χ1) is 12.0. The van der Waals surface area contributed by atoms with E-state index in [0.717, 1.165) is 21.4 Å². The van der Waals surface area contributed by atoms with Crippen molar-refractivity contribution in [2.45, 2.75) is 18.7 Å². The second-order valence-electron chi connectivity index (χ2n) is 5.79. The van der Waals surface area contributed by atoms with Gasteiger partial charge in [-0.15, -0.1) is 11.8 Å². The Bertz CT molecular complexity index is 893. The van der Waals surface area contributed by atoms with Crippen LogP contribution in [-0.2, 0) is 9.53 Å². The number of ketones is 1. The number of furan rings is 1. The average Bonchev–Trinajstić information content (AvgIpc) is 3.04. The minimum atomic E-state index is -0.421. The molecule has 0 aliphatic rings. The second-order valence-corrected chi connectivity index (χ2v) is 6.81. The van der Waals surface area contributed by atoms with Crippen LogP contribution in [0.1, 0.15) is 21.7 Å². The Hall–Kier alpha value is -2.53. The molecule has 3 rings (SSSR count). The number of hydrogen-bond acceptors (Lipinski definition) is 5. The van der Waals surface area contributed by atoms with Crippen LogP contribution in [0, 0.1) is 13.8 Å². The largest absolute Gasteiger partial charge is 0.457 e. The Morgan fingerprint density at radius 3 is 2.68 bits per heavy atom. The lowest BCUT2D eigenvalue weighted by Crippen LogP contribution is -2.15. The maximum Gasteiger partial charge on any atom is 0.316 e. The number of carbonyl (C=O) groups is 2. The molecule has 0 radical (unpaired) electrons. The number of ether oxygens (including phenoxy) is 1. The van der Waals surface area contributed by atoms with Crippen molar-refractivity contribution in [2.75, 3.05) is 12.4 Å². The number of esters is 1. The summed E-state index contributed by atoms with van der Waals surface area (Å²) in [7, 11) is 0. The molecule has 128 valence electrons. The third-order valence-corrected chi connectivity index (χ3v) is 4.88. The molecule has 0 aliphatic heterocycles. The molecule has 2 aromatic carbocycles. The van der Waals surface area contributed by atoms with E-state index in [1.807, 2.05) is 50.2 Å². The molecule has 5 heteroatoms. The van der Waals surface area contributed by atoms with E-state index < -0.39 is 5.97 Å². The molecule has 0 N–H and O–H groups in total. The van der Waals surface area contributed by atoms with E-state index in [-0.39, 0.29) is 23.9 Å². The number of thioether (sulfide) groups is 1. The fourth-order valence-corrected chi connectivity index (χ4v) is 3.30. The summed E-state index contributed by atoms with van der Waals surface area (Å²) in [6.45, 7) is 3.69. The maximum atomic E-state index is 12.1. The van der Waals surface area contributed by atoms with Crippen molar-refractivity contribution in [3.05, 3.63) is 65.4 Å². The highest BCUT2D eigenvalue weighted by Crippen LogP contribution is 2.23. The fraction of sp³-hybridized carbons (Fsp3) is 0.200. The SMILES string of the molecule is Cc1ccc(C)c(SCC(=O)OCC(=O)c2cc3ccccc3o2)c1. The molecular formula is C20H18O4S. The van der Waals surface area contributed by atoms with Gasteiger partial charge in [0.2, 0.25) is 5.78 Å². The minimum Gasteiger partial charge on any atom is -0.457 e. The van der Waals surface area contributed by atoms with Gasteiger partial charge in [-0.2, -0.15) is 0 Å². The van der Waals surface area contributed by atoms with Crippen molar-refractivity contribution in [1.82, 2.24) is 0 Å². The lowest BCUT2D eigenvalue weighted by molar-refractivity contribution is -0.139. The number of carbonyl (C=O) groups excluding carboxylic acids is 2. The number of benzene rings is 2. The summed E-state index contributed by atoms with van der Waals surface area (Å²) in [5.41, 5.74) is 2.89. The third-order valence-electron chi connectivity index (χ3n) is 3.75. The van der Waals surface area contributed by atoms with Crippen LogP contribution >= 0.6 is 11.8 Å². The Morgan fingerprint density at radius 2 is 1.88 bits per heavy atom. The summed E-state index contributed by atoms with van der Waals surface area (Å²) in [6.07, 6.45) is 0. The van der Waals surface area contributed by atoms with Crippen molar-refractivity contribution in [3.63, 3.8) is 0 Å². The molecule has 1 heterocycles. The van der Waals surface area contributed by atoms with Crippen LogP contribution in [0.3, 0.4) is 0 Å². The molecular weight excluding hydrogens is 336 g/mol. The van der Waals surface area contributed by atoms with Gasteiger partial charge >= 0.3 is 5.97 Å². The Balaban J connectivity index is 1.53. The molecule has 0 fully saturated rings. The van der Waals surface area contributed by atoms with Gasteiger partial charge in [-0.05, 0) is 37.6 Å². The van der Waals surface area contributed by atoms with E-state index in [0.29, 0.717) is 5.58 Å². The quantitative estimate of drug-likeness (QED) is 0.369. The number of Topliss-reactive ketones (excluding diaryl/α,β-unsaturated/α-hetero) is 1. The summed E-state index contributed by atoms with van der Waals surface area (Å²) in [4.78, 5) is 25.1. The molecule has 0 atom stereocenters. The van der Waals surface area contributed by atoms with Crippen molar-refractivity contribution >= 4 is 34.5 Å². The highest BCUT2D eigenvalue weighted by molar-refractivity contribution is 8.00. The van der Waals surface area contributed by atoms with Gasteiger partial charge < -0.3 is 9.15 Å². The van der Waals surface area contributed by atoms with Crippen molar-refractivity contribution in [1.29, 1.82) is 0 Å². The van der Waals surface area contributed by atoms with Crippen LogP contribution in [-0.4, -0.2) is 24.1 Å². The zero-order chi connectivity index (χ0) is 17.8. The summed E-state index contributed by atoms with van der Waals surface area (Å²) >= 11 is 1.41. The van der Waals surface area contributed by atoms with E-state index in [9.17, 15) is 9.59 Å². The zero-order valence-corrected chi connectivity index (χ0v) is 14.9. The monoisotopic (exact) mass is 354 g/mol.